The van der Waals surface area contributed by atoms with E-state index < -0.39 is 0 Å². The maximum Gasteiger partial charge on any atom is 0.273 e. The van der Waals surface area contributed by atoms with Crippen molar-refractivity contribution in [1.29, 1.82) is 0 Å². The quantitative estimate of drug-likeness (QED) is 0.921. The third-order valence-electron chi connectivity index (χ3n) is 3.88. The summed E-state index contributed by atoms with van der Waals surface area (Å²) in [5, 5.41) is 7.50. The summed E-state index contributed by atoms with van der Waals surface area (Å²) >= 11 is 6.15. The highest BCUT2D eigenvalue weighted by Crippen LogP contribution is 2.23. The Bertz CT molecular complexity index is 652. The van der Waals surface area contributed by atoms with Crippen molar-refractivity contribution in [2.24, 2.45) is 13.0 Å². The van der Waals surface area contributed by atoms with Crippen molar-refractivity contribution in [2.75, 3.05) is 6.54 Å². The van der Waals surface area contributed by atoms with Crippen molar-refractivity contribution >= 4 is 17.5 Å². The Labute approximate surface area is 135 Å². The number of hydrogen-bond acceptors (Lipinski definition) is 3. The van der Waals surface area contributed by atoms with E-state index in [9.17, 15) is 4.79 Å². The molecule has 118 valence electrons. The molecule has 2 heterocycles. The van der Waals surface area contributed by atoms with Crippen LogP contribution < -0.4 is 5.32 Å². The van der Waals surface area contributed by atoms with E-state index in [1.807, 2.05) is 25.3 Å². The van der Waals surface area contributed by atoms with Crippen molar-refractivity contribution in [3.63, 3.8) is 0 Å². The summed E-state index contributed by atoms with van der Waals surface area (Å²) in [6.45, 7) is 6.61. The number of carbonyl (C=O) groups is 1. The van der Waals surface area contributed by atoms with Crippen LogP contribution in [0.25, 0.3) is 0 Å². The number of aryl methyl sites for hydroxylation is 1. The zero-order valence-corrected chi connectivity index (χ0v) is 14.1. The number of halogens is 1. The van der Waals surface area contributed by atoms with Gasteiger partial charge in [0, 0.05) is 31.9 Å². The Morgan fingerprint density at radius 3 is 2.68 bits per heavy atom. The summed E-state index contributed by atoms with van der Waals surface area (Å²) in [6, 6.07) is 3.94. The van der Waals surface area contributed by atoms with Gasteiger partial charge in [-0.2, -0.15) is 5.10 Å². The SMILES string of the molecule is Cc1c(Cl)c(C(=O)NC[C@H](c2cccnc2)C(C)C)nn1C. The molecular weight excluding hydrogens is 300 g/mol. The Morgan fingerprint density at radius 2 is 2.18 bits per heavy atom. The minimum atomic E-state index is -0.247. The van der Waals surface area contributed by atoms with Crippen molar-refractivity contribution in [3.05, 3.63) is 46.5 Å². The predicted octanol–water partition coefficient (Wildman–Crippen LogP) is 2.95. The standard InChI is InChI=1S/C16H21ClN4O/c1-10(2)13(12-6-5-7-18-8-12)9-19-16(22)15-14(17)11(3)21(4)20-15/h5-8,10,13H,9H2,1-4H3,(H,19,22)/t13-/m0/s1. The van der Waals surface area contributed by atoms with Crippen LogP contribution in [0.4, 0.5) is 0 Å². The molecule has 0 unspecified atom stereocenters. The molecule has 0 fully saturated rings. The van der Waals surface area contributed by atoms with E-state index in [-0.39, 0.29) is 17.5 Å². The van der Waals surface area contributed by atoms with Crippen LogP contribution in [-0.2, 0) is 7.05 Å². The second kappa shape index (κ2) is 6.92. The van der Waals surface area contributed by atoms with Gasteiger partial charge in [-0.05, 0) is 24.5 Å². The van der Waals surface area contributed by atoms with Crippen LogP contribution in [0.15, 0.2) is 24.5 Å². The molecule has 5 nitrogen and oxygen atoms in total. The molecule has 2 rings (SSSR count). The van der Waals surface area contributed by atoms with Crippen LogP contribution in [0.1, 0.15) is 41.5 Å². The fourth-order valence-corrected chi connectivity index (χ4v) is 2.59. The molecule has 0 radical (unpaired) electrons. The van der Waals surface area contributed by atoms with E-state index in [4.69, 9.17) is 11.6 Å². The van der Waals surface area contributed by atoms with Crippen molar-refractivity contribution in [2.45, 2.75) is 26.7 Å². The first-order valence-electron chi connectivity index (χ1n) is 7.29. The molecule has 6 heteroatoms. The van der Waals surface area contributed by atoms with E-state index in [0.29, 0.717) is 17.5 Å². The van der Waals surface area contributed by atoms with Gasteiger partial charge in [-0.1, -0.05) is 31.5 Å². The average molecular weight is 321 g/mol. The lowest BCUT2D eigenvalue weighted by Gasteiger charge is -2.21. The van der Waals surface area contributed by atoms with E-state index >= 15 is 0 Å². The van der Waals surface area contributed by atoms with Gasteiger partial charge in [-0.25, -0.2) is 0 Å². The second-order valence-electron chi connectivity index (χ2n) is 5.72. The first-order chi connectivity index (χ1) is 10.4. The summed E-state index contributed by atoms with van der Waals surface area (Å²) in [5.41, 5.74) is 2.16. The smallest absolute Gasteiger partial charge is 0.273 e. The van der Waals surface area contributed by atoms with Crippen LogP contribution in [0.2, 0.25) is 5.02 Å². The molecule has 22 heavy (non-hydrogen) atoms. The number of hydrogen-bond donors (Lipinski definition) is 1. The lowest BCUT2D eigenvalue weighted by atomic mass is 9.89. The molecule has 0 aliphatic carbocycles. The van der Waals surface area contributed by atoms with Gasteiger partial charge in [0.05, 0.1) is 10.7 Å². The van der Waals surface area contributed by atoms with Crippen LogP contribution in [0.5, 0.6) is 0 Å². The summed E-state index contributed by atoms with van der Waals surface area (Å²) in [6.07, 6.45) is 3.59. The molecule has 0 aliphatic rings. The number of nitrogens with one attached hydrogen (secondary N) is 1. The maximum absolute atomic E-state index is 12.3. The highest BCUT2D eigenvalue weighted by atomic mass is 35.5. The Morgan fingerprint density at radius 1 is 1.45 bits per heavy atom. The van der Waals surface area contributed by atoms with E-state index in [1.54, 1.807) is 17.9 Å². The van der Waals surface area contributed by atoms with E-state index in [2.05, 4.69) is 29.2 Å². The molecule has 0 saturated carbocycles. The molecular formula is C16H21ClN4O. The van der Waals surface area contributed by atoms with Crippen LogP contribution in [-0.4, -0.2) is 27.2 Å². The molecule has 1 N–H and O–H groups in total. The molecule has 2 aromatic rings. The van der Waals surface area contributed by atoms with Gasteiger partial charge >= 0.3 is 0 Å². The van der Waals surface area contributed by atoms with Gasteiger partial charge in [0.15, 0.2) is 5.69 Å². The normalized spacial score (nSPS) is 12.5. The summed E-state index contributed by atoms with van der Waals surface area (Å²) in [7, 11) is 1.77. The molecule has 0 bridgehead atoms. The predicted molar refractivity (Wildman–Crippen MR) is 87.1 cm³/mol. The topological polar surface area (TPSA) is 59.8 Å². The van der Waals surface area contributed by atoms with Crippen molar-refractivity contribution in [1.82, 2.24) is 20.1 Å². The van der Waals surface area contributed by atoms with Crippen LogP contribution in [0.3, 0.4) is 0 Å². The number of pyridine rings is 1. The monoisotopic (exact) mass is 320 g/mol. The van der Waals surface area contributed by atoms with Gasteiger partial charge in [0.25, 0.3) is 5.91 Å². The summed E-state index contributed by atoms with van der Waals surface area (Å²) in [5.74, 6) is 0.329. The summed E-state index contributed by atoms with van der Waals surface area (Å²) in [4.78, 5) is 16.5. The second-order valence-corrected chi connectivity index (χ2v) is 6.10. The third-order valence-corrected chi connectivity index (χ3v) is 4.33. The van der Waals surface area contributed by atoms with Gasteiger partial charge in [0.2, 0.25) is 0 Å². The lowest BCUT2D eigenvalue weighted by Crippen LogP contribution is -2.31. The lowest BCUT2D eigenvalue weighted by molar-refractivity contribution is 0.0943. The van der Waals surface area contributed by atoms with Crippen LogP contribution in [0, 0.1) is 12.8 Å². The Hall–Kier alpha value is -1.88. The first-order valence-corrected chi connectivity index (χ1v) is 7.66. The Kier molecular flexibility index (Phi) is 5.19. The van der Waals surface area contributed by atoms with Gasteiger partial charge in [0.1, 0.15) is 0 Å². The van der Waals surface area contributed by atoms with E-state index in [1.165, 1.54) is 0 Å². The number of rotatable bonds is 5. The Balaban J connectivity index is 2.10. The van der Waals surface area contributed by atoms with Crippen LogP contribution >= 0.6 is 11.6 Å². The molecule has 2 aromatic heterocycles. The molecule has 0 saturated heterocycles. The fraction of sp³-hybridized carbons (Fsp3) is 0.438. The first kappa shape index (κ1) is 16.5. The van der Waals surface area contributed by atoms with Gasteiger partial charge < -0.3 is 5.32 Å². The van der Waals surface area contributed by atoms with E-state index in [0.717, 1.165) is 11.3 Å². The highest BCUT2D eigenvalue weighted by Gasteiger charge is 2.21. The molecule has 0 aliphatic heterocycles. The minimum absolute atomic E-state index is 0.196. The molecule has 0 spiro atoms. The molecule has 1 atom stereocenters. The van der Waals surface area contributed by atoms with Gasteiger partial charge in [-0.15, -0.1) is 0 Å². The molecule has 1 amide bonds. The average Bonchev–Trinajstić information content (AvgIpc) is 2.76. The summed E-state index contributed by atoms with van der Waals surface area (Å²) < 4.78 is 1.61. The number of carbonyl (C=O) groups excluding carboxylic acids is 1. The number of aromatic nitrogens is 3. The maximum atomic E-state index is 12.3. The molecule has 0 aromatic carbocycles. The number of nitrogens with zero attached hydrogens (tertiary/aromatic N) is 3. The third kappa shape index (κ3) is 3.47. The zero-order valence-electron chi connectivity index (χ0n) is 13.3. The van der Waals surface area contributed by atoms with Crippen molar-refractivity contribution < 1.29 is 4.79 Å². The number of amides is 1. The minimum Gasteiger partial charge on any atom is -0.350 e. The highest BCUT2D eigenvalue weighted by molar-refractivity contribution is 6.34. The largest absolute Gasteiger partial charge is 0.350 e. The van der Waals surface area contributed by atoms with Gasteiger partial charge in [-0.3, -0.25) is 14.5 Å². The zero-order chi connectivity index (χ0) is 16.3. The van der Waals surface area contributed by atoms with Crippen molar-refractivity contribution in [3.8, 4) is 0 Å². The fourth-order valence-electron chi connectivity index (χ4n) is 2.35.